The Bertz CT molecular complexity index is 415. The molecule has 6 heteroatoms. The standard InChI is InChI=1S/C14H21FN2O3/c1-11(18)17-7-6-16-8-13(19)10-20-9-12-4-2-3-5-14(12)15/h2-5,13,16,19H,6-10H2,1H3,(H,17,18). The van der Waals surface area contributed by atoms with E-state index in [-0.39, 0.29) is 24.9 Å². The molecule has 0 fully saturated rings. The topological polar surface area (TPSA) is 70.6 Å². The van der Waals surface area contributed by atoms with Gasteiger partial charge in [0.1, 0.15) is 5.82 Å². The number of benzene rings is 1. The minimum Gasteiger partial charge on any atom is -0.389 e. The number of carbonyl (C=O) groups is 1. The van der Waals surface area contributed by atoms with Gasteiger partial charge in [0.05, 0.1) is 19.3 Å². The van der Waals surface area contributed by atoms with Crippen molar-refractivity contribution in [3.63, 3.8) is 0 Å². The summed E-state index contributed by atoms with van der Waals surface area (Å²) in [5.74, 6) is -0.393. The molecule has 0 aliphatic rings. The summed E-state index contributed by atoms with van der Waals surface area (Å²) in [6.07, 6.45) is -0.667. The first-order valence-electron chi connectivity index (χ1n) is 6.54. The number of ether oxygens (including phenoxy) is 1. The average molecular weight is 284 g/mol. The van der Waals surface area contributed by atoms with Crippen LogP contribution >= 0.6 is 0 Å². The van der Waals surface area contributed by atoms with E-state index in [9.17, 15) is 14.3 Å². The van der Waals surface area contributed by atoms with E-state index in [0.717, 1.165) is 0 Å². The molecule has 20 heavy (non-hydrogen) atoms. The molecular formula is C14H21FN2O3. The predicted octanol–water partition coefficient (Wildman–Crippen LogP) is 0.429. The van der Waals surface area contributed by atoms with Crippen molar-refractivity contribution >= 4 is 5.91 Å². The number of hydrogen-bond acceptors (Lipinski definition) is 4. The lowest BCUT2D eigenvalue weighted by atomic mass is 10.2. The van der Waals surface area contributed by atoms with Gasteiger partial charge in [-0.3, -0.25) is 4.79 Å². The van der Waals surface area contributed by atoms with Gasteiger partial charge >= 0.3 is 0 Å². The lowest BCUT2D eigenvalue weighted by Crippen LogP contribution is -2.36. The van der Waals surface area contributed by atoms with E-state index in [2.05, 4.69) is 10.6 Å². The Morgan fingerprint density at radius 2 is 2.15 bits per heavy atom. The molecule has 112 valence electrons. The molecule has 0 aliphatic carbocycles. The Morgan fingerprint density at radius 3 is 2.85 bits per heavy atom. The number of amides is 1. The van der Waals surface area contributed by atoms with Crippen LogP contribution in [0.2, 0.25) is 0 Å². The van der Waals surface area contributed by atoms with Crippen LogP contribution in [-0.2, 0) is 16.1 Å². The van der Waals surface area contributed by atoms with Crippen LogP contribution in [0.4, 0.5) is 4.39 Å². The number of halogens is 1. The van der Waals surface area contributed by atoms with Gasteiger partial charge in [0.15, 0.2) is 0 Å². The Kier molecular flexibility index (Phi) is 7.79. The summed E-state index contributed by atoms with van der Waals surface area (Å²) >= 11 is 0. The third-order valence-corrected chi connectivity index (χ3v) is 2.58. The number of aliphatic hydroxyl groups excluding tert-OH is 1. The first-order valence-corrected chi connectivity index (χ1v) is 6.54. The maximum atomic E-state index is 13.3. The van der Waals surface area contributed by atoms with Crippen LogP contribution in [-0.4, -0.2) is 43.4 Å². The van der Waals surface area contributed by atoms with E-state index in [0.29, 0.717) is 25.2 Å². The number of hydrogen-bond donors (Lipinski definition) is 3. The highest BCUT2D eigenvalue weighted by Gasteiger charge is 2.05. The molecule has 1 atom stereocenters. The van der Waals surface area contributed by atoms with Crippen molar-refractivity contribution in [3.05, 3.63) is 35.6 Å². The van der Waals surface area contributed by atoms with Crippen molar-refractivity contribution in [1.29, 1.82) is 0 Å². The maximum Gasteiger partial charge on any atom is 0.216 e. The monoisotopic (exact) mass is 284 g/mol. The smallest absolute Gasteiger partial charge is 0.216 e. The molecule has 1 unspecified atom stereocenters. The third-order valence-electron chi connectivity index (χ3n) is 2.58. The molecule has 1 aromatic carbocycles. The minimum absolute atomic E-state index is 0.0828. The van der Waals surface area contributed by atoms with Crippen molar-refractivity contribution < 1.29 is 19.0 Å². The fourth-order valence-electron chi connectivity index (χ4n) is 1.57. The number of rotatable bonds is 9. The van der Waals surface area contributed by atoms with Crippen LogP contribution in [0.5, 0.6) is 0 Å². The average Bonchev–Trinajstić information content (AvgIpc) is 2.40. The van der Waals surface area contributed by atoms with Gasteiger partial charge in [-0.25, -0.2) is 4.39 Å². The summed E-state index contributed by atoms with van der Waals surface area (Å²) in [4.78, 5) is 10.6. The zero-order valence-corrected chi connectivity index (χ0v) is 11.6. The van der Waals surface area contributed by atoms with Gasteiger partial charge in [0.2, 0.25) is 5.91 Å². The summed E-state index contributed by atoms with van der Waals surface area (Å²) in [6, 6.07) is 6.38. The molecule has 0 saturated heterocycles. The molecule has 0 heterocycles. The molecule has 0 aliphatic heterocycles. The number of nitrogens with one attached hydrogen (secondary N) is 2. The Hall–Kier alpha value is -1.50. The van der Waals surface area contributed by atoms with Crippen molar-refractivity contribution in [1.82, 2.24) is 10.6 Å². The molecule has 0 saturated carbocycles. The van der Waals surface area contributed by atoms with Gasteiger partial charge in [0.25, 0.3) is 0 Å². The highest BCUT2D eigenvalue weighted by atomic mass is 19.1. The second-order valence-corrected chi connectivity index (χ2v) is 4.45. The first-order chi connectivity index (χ1) is 9.59. The van der Waals surface area contributed by atoms with E-state index < -0.39 is 6.10 Å². The molecule has 0 radical (unpaired) electrons. The van der Waals surface area contributed by atoms with E-state index >= 15 is 0 Å². The van der Waals surface area contributed by atoms with Gasteiger partial charge in [-0.2, -0.15) is 0 Å². The SMILES string of the molecule is CC(=O)NCCNCC(O)COCc1ccccc1F. The molecular weight excluding hydrogens is 263 g/mol. The van der Waals surface area contributed by atoms with E-state index in [1.54, 1.807) is 18.2 Å². The molecule has 1 rings (SSSR count). The molecule has 0 bridgehead atoms. The van der Waals surface area contributed by atoms with Crippen LogP contribution in [0.1, 0.15) is 12.5 Å². The molecule has 1 amide bonds. The van der Waals surface area contributed by atoms with Crippen LogP contribution < -0.4 is 10.6 Å². The maximum absolute atomic E-state index is 13.3. The Labute approximate surface area is 118 Å². The van der Waals surface area contributed by atoms with Crippen molar-refractivity contribution in [2.24, 2.45) is 0 Å². The fraction of sp³-hybridized carbons (Fsp3) is 0.500. The largest absolute Gasteiger partial charge is 0.389 e. The summed E-state index contributed by atoms with van der Waals surface area (Å²) in [6.45, 7) is 3.15. The zero-order chi connectivity index (χ0) is 14.8. The summed E-state index contributed by atoms with van der Waals surface area (Å²) in [5, 5.41) is 15.3. The van der Waals surface area contributed by atoms with Gasteiger partial charge in [-0.15, -0.1) is 0 Å². The highest BCUT2D eigenvalue weighted by Crippen LogP contribution is 2.07. The van der Waals surface area contributed by atoms with Gasteiger partial charge in [-0.1, -0.05) is 18.2 Å². The van der Waals surface area contributed by atoms with E-state index in [1.807, 2.05) is 0 Å². The summed E-state index contributed by atoms with van der Waals surface area (Å²) in [5.41, 5.74) is 0.471. The zero-order valence-electron chi connectivity index (χ0n) is 11.6. The van der Waals surface area contributed by atoms with Gasteiger partial charge < -0.3 is 20.5 Å². The lowest BCUT2D eigenvalue weighted by Gasteiger charge is -2.12. The Morgan fingerprint density at radius 1 is 1.40 bits per heavy atom. The van der Waals surface area contributed by atoms with Crippen LogP contribution in [0.25, 0.3) is 0 Å². The molecule has 3 N–H and O–H groups in total. The fourth-order valence-corrected chi connectivity index (χ4v) is 1.57. The lowest BCUT2D eigenvalue weighted by molar-refractivity contribution is -0.118. The second kappa shape index (κ2) is 9.41. The van der Waals surface area contributed by atoms with E-state index in [4.69, 9.17) is 4.74 Å². The predicted molar refractivity (Wildman–Crippen MR) is 73.6 cm³/mol. The number of carbonyl (C=O) groups excluding carboxylic acids is 1. The highest BCUT2D eigenvalue weighted by molar-refractivity contribution is 5.72. The van der Waals surface area contributed by atoms with E-state index in [1.165, 1.54) is 13.0 Å². The van der Waals surface area contributed by atoms with Gasteiger partial charge in [0, 0.05) is 32.1 Å². The van der Waals surface area contributed by atoms with Crippen LogP contribution in [0.15, 0.2) is 24.3 Å². The number of aliphatic hydroxyl groups is 1. The van der Waals surface area contributed by atoms with Crippen LogP contribution in [0.3, 0.4) is 0 Å². The second-order valence-electron chi connectivity index (χ2n) is 4.45. The normalized spacial score (nSPS) is 12.2. The van der Waals surface area contributed by atoms with Crippen molar-refractivity contribution in [3.8, 4) is 0 Å². The quantitative estimate of drug-likeness (QED) is 0.575. The molecule has 1 aromatic rings. The minimum atomic E-state index is -0.667. The van der Waals surface area contributed by atoms with Crippen molar-refractivity contribution in [2.45, 2.75) is 19.6 Å². The Balaban J connectivity index is 2.07. The summed E-state index contributed by atoms with van der Waals surface area (Å²) in [7, 11) is 0. The van der Waals surface area contributed by atoms with Gasteiger partial charge in [-0.05, 0) is 6.07 Å². The first kappa shape index (κ1) is 16.6. The molecule has 0 aromatic heterocycles. The third kappa shape index (κ3) is 7.18. The summed E-state index contributed by atoms with van der Waals surface area (Å²) < 4.78 is 18.5. The molecule has 0 spiro atoms. The van der Waals surface area contributed by atoms with Crippen LogP contribution in [0, 0.1) is 5.82 Å². The van der Waals surface area contributed by atoms with Crippen molar-refractivity contribution in [2.75, 3.05) is 26.2 Å². The molecule has 5 nitrogen and oxygen atoms in total.